The van der Waals surface area contributed by atoms with Crippen LogP contribution in [-0.2, 0) is 6.42 Å². The summed E-state index contributed by atoms with van der Waals surface area (Å²) >= 11 is 7.81. The van der Waals surface area contributed by atoms with Gasteiger partial charge in [0.1, 0.15) is 0 Å². The Labute approximate surface area is 133 Å². The number of fused-ring (bicyclic) bond motifs is 1. The third kappa shape index (κ3) is 2.97. The first kappa shape index (κ1) is 14.5. The van der Waals surface area contributed by atoms with Crippen LogP contribution in [0.5, 0.6) is 0 Å². The van der Waals surface area contributed by atoms with E-state index in [1.165, 1.54) is 21.2 Å². The fraction of sp³-hybridized carbons (Fsp3) is 0.176. The van der Waals surface area contributed by atoms with Crippen LogP contribution in [0.15, 0.2) is 47.8 Å². The minimum atomic E-state index is 0.0836. The summed E-state index contributed by atoms with van der Waals surface area (Å²) < 4.78 is 1.32. The van der Waals surface area contributed by atoms with Gasteiger partial charge in [-0.05, 0) is 59.0 Å². The molecular weight excluding hydrogens is 300 g/mol. The minimum Gasteiger partial charge on any atom is -0.271 e. The summed E-state index contributed by atoms with van der Waals surface area (Å²) in [6, 6.07) is 14.5. The number of hydrazine groups is 1. The summed E-state index contributed by atoms with van der Waals surface area (Å²) in [5, 5.41) is 4.29. The molecule has 4 heteroatoms. The highest BCUT2D eigenvalue weighted by Gasteiger charge is 2.15. The van der Waals surface area contributed by atoms with Crippen molar-refractivity contribution < 1.29 is 0 Å². The van der Waals surface area contributed by atoms with Crippen molar-refractivity contribution in [1.29, 1.82) is 0 Å². The lowest BCUT2D eigenvalue weighted by Gasteiger charge is -2.18. The summed E-state index contributed by atoms with van der Waals surface area (Å²) in [5.41, 5.74) is 6.62. The van der Waals surface area contributed by atoms with E-state index >= 15 is 0 Å². The van der Waals surface area contributed by atoms with Crippen molar-refractivity contribution in [2.75, 3.05) is 0 Å². The van der Waals surface area contributed by atoms with Gasteiger partial charge in [-0.2, -0.15) is 0 Å². The molecular formula is C17H17ClN2S. The number of hydrogen-bond donors (Lipinski definition) is 2. The van der Waals surface area contributed by atoms with Gasteiger partial charge in [0.25, 0.3) is 0 Å². The lowest BCUT2D eigenvalue weighted by atomic mass is 9.95. The largest absolute Gasteiger partial charge is 0.271 e. The number of nitrogens with two attached hydrogens (primary N) is 1. The van der Waals surface area contributed by atoms with Crippen molar-refractivity contribution >= 4 is 33.0 Å². The summed E-state index contributed by atoms with van der Waals surface area (Å²) in [6.07, 6.45) is 0.864. The normalized spacial score (nSPS) is 12.7. The van der Waals surface area contributed by atoms with Crippen LogP contribution in [-0.4, -0.2) is 0 Å². The zero-order valence-corrected chi connectivity index (χ0v) is 13.3. The molecule has 0 aliphatic heterocycles. The first-order valence-corrected chi connectivity index (χ1v) is 8.12. The Morgan fingerprint density at radius 2 is 2.05 bits per heavy atom. The van der Waals surface area contributed by atoms with Crippen LogP contribution in [0.1, 0.15) is 22.7 Å². The maximum Gasteiger partial charge on any atom is 0.0503 e. The van der Waals surface area contributed by atoms with E-state index < -0.39 is 0 Å². The number of nitrogens with one attached hydrogen (secondary N) is 1. The van der Waals surface area contributed by atoms with Gasteiger partial charge in [-0.25, -0.2) is 0 Å². The topological polar surface area (TPSA) is 38.0 Å². The zero-order chi connectivity index (χ0) is 14.8. The molecule has 0 aliphatic carbocycles. The second kappa shape index (κ2) is 6.16. The fourth-order valence-electron chi connectivity index (χ4n) is 2.70. The van der Waals surface area contributed by atoms with Crippen molar-refractivity contribution in [3.63, 3.8) is 0 Å². The van der Waals surface area contributed by atoms with Gasteiger partial charge in [-0.1, -0.05) is 35.9 Å². The quantitative estimate of drug-likeness (QED) is 0.545. The Kier molecular flexibility index (Phi) is 4.27. The molecule has 0 spiro atoms. The molecule has 3 aromatic rings. The molecule has 2 aromatic carbocycles. The van der Waals surface area contributed by atoms with E-state index in [1.807, 2.05) is 12.1 Å². The predicted octanol–water partition coefficient (Wildman–Crippen LogP) is 4.61. The molecule has 2 nitrogen and oxygen atoms in total. The predicted molar refractivity (Wildman–Crippen MR) is 91.8 cm³/mol. The minimum absolute atomic E-state index is 0.0836. The Balaban J connectivity index is 1.94. The number of aryl methyl sites for hydroxylation is 1. The van der Waals surface area contributed by atoms with Crippen LogP contribution in [0.25, 0.3) is 10.1 Å². The SMILES string of the molecule is Cc1cc(Cl)ccc1C(Cc1csc2ccccc12)NN. The van der Waals surface area contributed by atoms with Gasteiger partial charge in [-0.15, -0.1) is 11.3 Å². The average Bonchev–Trinajstić information content (AvgIpc) is 2.89. The third-order valence-electron chi connectivity index (χ3n) is 3.79. The molecule has 0 saturated heterocycles. The van der Waals surface area contributed by atoms with Gasteiger partial charge in [-0.3, -0.25) is 11.3 Å². The van der Waals surface area contributed by atoms with E-state index in [0.717, 1.165) is 17.0 Å². The highest BCUT2D eigenvalue weighted by Crippen LogP contribution is 2.30. The van der Waals surface area contributed by atoms with Crippen LogP contribution >= 0.6 is 22.9 Å². The standard InChI is InChI=1S/C17H17ClN2S/c1-11-8-13(18)6-7-14(11)16(20-19)9-12-10-21-17-5-3-2-4-15(12)17/h2-8,10,16,20H,9,19H2,1H3. The van der Waals surface area contributed by atoms with Gasteiger partial charge < -0.3 is 0 Å². The van der Waals surface area contributed by atoms with Gasteiger partial charge in [0.2, 0.25) is 0 Å². The lowest BCUT2D eigenvalue weighted by molar-refractivity contribution is 0.551. The maximum atomic E-state index is 6.04. The van der Waals surface area contributed by atoms with E-state index in [0.29, 0.717) is 0 Å². The fourth-order valence-corrected chi connectivity index (χ4v) is 3.90. The molecule has 21 heavy (non-hydrogen) atoms. The molecule has 1 atom stereocenters. The third-order valence-corrected chi connectivity index (χ3v) is 5.04. The molecule has 1 aromatic heterocycles. The van der Waals surface area contributed by atoms with E-state index in [-0.39, 0.29) is 6.04 Å². The number of thiophene rings is 1. The van der Waals surface area contributed by atoms with Gasteiger partial charge in [0, 0.05) is 9.72 Å². The van der Waals surface area contributed by atoms with Crippen molar-refractivity contribution in [2.45, 2.75) is 19.4 Å². The van der Waals surface area contributed by atoms with Crippen LogP contribution in [0.3, 0.4) is 0 Å². The Hall–Kier alpha value is -1.39. The molecule has 108 valence electrons. The number of hydrogen-bond acceptors (Lipinski definition) is 3. The average molecular weight is 317 g/mol. The Morgan fingerprint density at radius 1 is 1.24 bits per heavy atom. The molecule has 0 amide bonds. The first-order valence-electron chi connectivity index (χ1n) is 6.86. The van der Waals surface area contributed by atoms with E-state index in [1.54, 1.807) is 11.3 Å². The molecule has 3 N–H and O–H groups in total. The van der Waals surface area contributed by atoms with Gasteiger partial charge >= 0.3 is 0 Å². The summed E-state index contributed by atoms with van der Waals surface area (Å²) in [7, 11) is 0. The summed E-state index contributed by atoms with van der Waals surface area (Å²) in [5.74, 6) is 5.79. The molecule has 0 fully saturated rings. The summed E-state index contributed by atoms with van der Waals surface area (Å²) in [6.45, 7) is 2.07. The van der Waals surface area contributed by atoms with E-state index in [9.17, 15) is 0 Å². The van der Waals surface area contributed by atoms with Crippen LogP contribution in [0.4, 0.5) is 0 Å². The molecule has 3 rings (SSSR count). The number of halogens is 1. The Bertz CT molecular complexity index is 766. The second-order valence-corrected chi connectivity index (χ2v) is 6.53. The summed E-state index contributed by atoms with van der Waals surface area (Å²) in [4.78, 5) is 0. The highest BCUT2D eigenvalue weighted by molar-refractivity contribution is 7.17. The van der Waals surface area contributed by atoms with Crippen molar-refractivity contribution in [1.82, 2.24) is 5.43 Å². The maximum absolute atomic E-state index is 6.04. The van der Waals surface area contributed by atoms with Crippen molar-refractivity contribution in [3.05, 3.63) is 69.6 Å². The van der Waals surface area contributed by atoms with E-state index in [2.05, 4.69) is 48.1 Å². The molecule has 0 bridgehead atoms. The number of rotatable bonds is 4. The smallest absolute Gasteiger partial charge is 0.0503 e. The first-order chi connectivity index (χ1) is 10.2. The van der Waals surface area contributed by atoms with E-state index in [4.69, 9.17) is 17.4 Å². The van der Waals surface area contributed by atoms with Crippen LogP contribution in [0.2, 0.25) is 5.02 Å². The van der Waals surface area contributed by atoms with Gasteiger partial charge in [0.05, 0.1) is 6.04 Å². The Morgan fingerprint density at radius 3 is 2.81 bits per heavy atom. The molecule has 0 aliphatic rings. The molecule has 0 saturated carbocycles. The molecule has 1 heterocycles. The molecule has 0 radical (unpaired) electrons. The van der Waals surface area contributed by atoms with Crippen molar-refractivity contribution in [3.8, 4) is 0 Å². The zero-order valence-electron chi connectivity index (χ0n) is 11.8. The monoisotopic (exact) mass is 316 g/mol. The van der Waals surface area contributed by atoms with Crippen LogP contribution in [0, 0.1) is 6.92 Å². The lowest BCUT2D eigenvalue weighted by Crippen LogP contribution is -2.30. The second-order valence-electron chi connectivity index (χ2n) is 5.18. The molecule has 1 unspecified atom stereocenters. The number of benzene rings is 2. The highest BCUT2D eigenvalue weighted by atomic mass is 35.5. The van der Waals surface area contributed by atoms with Crippen molar-refractivity contribution in [2.24, 2.45) is 5.84 Å². The van der Waals surface area contributed by atoms with Gasteiger partial charge in [0.15, 0.2) is 0 Å². The van der Waals surface area contributed by atoms with Crippen LogP contribution < -0.4 is 11.3 Å².